The van der Waals surface area contributed by atoms with E-state index in [1.165, 1.54) is 5.56 Å². The van der Waals surface area contributed by atoms with Gasteiger partial charge in [-0.05, 0) is 30.2 Å². The van der Waals surface area contributed by atoms with E-state index in [9.17, 15) is 0 Å². The summed E-state index contributed by atoms with van der Waals surface area (Å²) in [6, 6.07) is 6.19. The van der Waals surface area contributed by atoms with Crippen LogP contribution in [0.2, 0.25) is 10.0 Å². The summed E-state index contributed by atoms with van der Waals surface area (Å²) in [6.45, 7) is 3.08. The average molecular weight is 245 g/mol. The molecule has 1 saturated heterocycles. The summed E-state index contributed by atoms with van der Waals surface area (Å²) in [5.41, 5.74) is 1.19. The maximum atomic E-state index is 5.95. The van der Waals surface area contributed by atoms with Gasteiger partial charge in [0.25, 0.3) is 0 Å². The van der Waals surface area contributed by atoms with Crippen LogP contribution < -0.4 is 10.6 Å². The van der Waals surface area contributed by atoms with Crippen LogP contribution in [0.1, 0.15) is 5.56 Å². The molecule has 0 bridgehead atoms. The molecule has 1 heterocycles. The van der Waals surface area contributed by atoms with E-state index in [1.807, 2.05) is 12.1 Å². The zero-order valence-corrected chi connectivity index (χ0v) is 9.91. The second-order valence-electron chi connectivity index (χ2n) is 3.84. The molecule has 2 rings (SSSR count). The van der Waals surface area contributed by atoms with Crippen molar-refractivity contribution >= 4 is 23.2 Å². The Labute approximate surface area is 100.0 Å². The Bertz CT molecular complexity index is 315. The third-order valence-corrected chi connectivity index (χ3v) is 2.97. The van der Waals surface area contributed by atoms with Crippen molar-refractivity contribution in [3.8, 4) is 0 Å². The van der Waals surface area contributed by atoms with Gasteiger partial charge in [-0.15, -0.1) is 0 Å². The molecule has 1 fully saturated rings. The normalized spacial score (nSPS) is 21.6. The van der Waals surface area contributed by atoms with Gasteiger partial charge in [0, 0.05) is 35.7 Å². The number of piperazine rings is 1. The van der Waals surface area contributed by atoms with Crippen molar-refractivity contribution in [2.24, 2.45) is 0 Å². The van der Waals surface area contributed by atoms with Gasteiger partial charge in [0.05, 0.1) is 0 Å². The summed E-state index contributed by atoms with van der Waals surface area (Å²) in [7, 11) is 0. The highest BCUT2D eigenvalue weighted by molar-refractivity contribution is 6.34. The van der Waals surface area contributed by atoms with Gasteiger partial charge in [0.15, 0.2) is 0 Å². The van der Waals surface area contributed by atoms with Gasteiger partial charge in [-0.3, -0.25) is 0 Å². The summed E-state index contributed by atoms with van der Waals surface area (Å²) in [5, 5.41) is 8.23. The number of hydrogen-bond donors (Lipinski definition) is 2. The molecule has 0 amide bonds. The minimum absolute atomic E-state index is 0.480. The molecule has 1 aliphatic rings. The highest BCUT2D eigenvalue weighted by Crippen LogP contribution is 2.20. The van der Waals surface area contributed by atoms with Crippen LogP contribution in [-0.4, -0.2) is 25.7 Å². The molecule has 1 aromatic carbocycles. The monoisotopic (exact) mass is 244 g/mol. The van der Waals surface area contributed by atoms with Crippen LogP contribution in [0.4, 0.5) is 0 Å². The number of halogens is 2. The molecule has 0 saturated carbocycles. The Morgan fingerprint density at radius 2 is 1.87 bits per heavy atom. The molecule has 1 aromatic rings. The summed E-state index contributed by atoms with van der Waals surface area (Å²) in [4.78, 5) is 0. The van der Waals surface area contributed by atoms with E-state index in [0.29, 0.717) is 16.1 Å². The lowest BCUT2D eigenvalue weighted by molar-refractivity contribution is 0.416. The van der Waals surface area contributed by atoms with Crippen LogP contribution in [0.3, 0.4) is 0 Å². The molecule has 15 heavy (non-hydrogen) atoms. The van der Waals surface area contributed by atoms with Crippen molar-refractivity contribution in [2.45, 2.75) is 12.5 Å². The molecule has 1 aliphatic heterocycles. The summed E-state index contributed by atoms with van der Waals surface area (Å²) < 4.78 is 0. The molecule has 0 aliphatic carbocycles. The Kier molecular flexibility index (Phi) is 3.87. The second-order valence-corrected chi connectivity index (χ2v) is 4.71. The summed E-state index contributed by atoms with van der Waals surface area (Å²) in [5.74, 6) is 0. The SMILES string of the molecule is Clc1cc(Cl)cc(C[C@H]2CNCCN2)c1. The Hall–Kier alpha value is -0.280. The Balaban J connectivity index is 2.02. The number of benzene rings is 1. The number of nitrogens with one attached hydrogen (secondary N) is 2. The zero-order valence-electron chi connectivity index (χ0n) is 8.39. The molecule has 0 unspecified atom stereocenters. The number of rotatable bonds is 2. The van der Waals surface area contributed by atoms with Crippen molar-refractivity contribution in [3.05, 3.63) is 33.8 Å². The van der Waals surface area contributed by atoms with Crippen molar-refractivity contribution in [2.75, 3.05) is 19.6 Å². The third-order valence-electron chi connectivity index (χ3n) is 2.53. The van der Waals surface area contributed by atoms with Crippen LogP contribution in [0, 0.1) is 0 Å². The van der Waals surface area contributed by atoms with Crippen molar-refractivity contribution in [3.63, 3.8) is 0 Å². The molecular weight excluding hydrogens is 231 g/mol. The van der Waals surface area contributed by atoms with E-state index in [0.717, 1.165) is 26.1 Å². The smallest absolute Gasteiger partial charge is 0.0423 e. The van der Waals surface area contributed by atoms with Crippen LogP contribution in [0.5, 0.6) is 0 Å². The Morgan fingerprint density at radius 1 is 1.13 bits per heavy atom. The molecule has 4 heteroatoms. The highest BCUT2D eigenvalue weighted by atomic mass is 35.5. The summed E-state index contributed by atoms with van der Waals surface area (Å²) >= 11 is 11.9. The van der Waals surface area contributed by atoms with E-state index in [2.05, 4.69) is 10.6 Å². The van der Waals surface area contributed by atoms with E-state index in [-0.39, 0.29) is 0 Å². The number of hydrogen-bond acceptors (Lipinski definition) is 2. The first-order chi connectivity index (χ1) is 7.24. The van der Waals surface area contributed by atoms with Gasteiger partial charge >= 0.3 is 0 Å². The first kappa shape index (κ1) is 11.2. The zero-order chi connectivity index (χ0) is 10.7. The van der Waals surface area contributed by atoms with E-state index < -0.39 is 0 Å². The Morgan fingerprint density at radius 3 is 2.47 bits per heavy atom. The third kappa shape index (κ3) is 3.35. The van der Waals surface area contributed by atoms with Crippen molar-refractivity contribution in [1.29, 1.82) is 0 Å². The van der Waals surface area contributed by atoms with Gasteiger partial charge in [-0.2, -0.15) is 0 Å². The van der Waals surface area contributed by atoms with Crippen LogP contribution in [0.15, 0.2) is 18.2 Å². The van der Waals surface area contributed by atoms with Crippen molar-refractivity contribution < 1.29 is 0 Å². The van der Waals surface area contributed by atoms with Gasteiger partial charge in [-0.1, -0.05) is 23.2 Å². The molecule has 0 aromatic heterocycles. The van der Waals surface area contributed by atoms with Gasteiger partial charge in [0.2, 0.25) is 0 Å². The minimum atomic E-state index is 0.480. The molecule has 82 valence electrons. The predicted molar refractivity (Wildman–Crippen MR) is 64.8 cm³/mol. The quantitative estimate of drug-likeness (QED) is 0.833. The highest BCUT2D eigenvalue weighted by Gasteiger charge is 2.12. The first-order valence-electron chi connectivity index (χ1n) is 5.13. The van der Waals surface area contributed by atoms with E-state index >= 15 is 0 Å². The maximum Gasteiger partial charge on any atom is 0.0423 e. The fourth-order valence-corrected chi connectivity index (χ4v) is 2.44. The van der Waals surface area contributed by atoms with Crippen LogP contribution >= 0.6 is 23.2 Å². The molecule has 2 nitrogen and oxygen atoms in total. The van der Waals surface area contributed by atoms with Gasteiger partial charge < -0.3 is 10.6 Å². The van der Waals surface area contributed by atoms with Crippen LogP contribution in [0.25, 0.3) is 0 Å². The fourth-order valence-electron chi connectivity index (χ4n) is 1.87. The van der Waals surface area contributed by atoms with Gasteiger partial charge in [0.1, 0.15) is 0 Å². The topological polar surface area (TPSA) is 24.1 Å². The van der Waals surface area contributed by atoms with Gasteiger partial charge in [-0.25, -0.2) is 0 Å². The largest absolute Gasteiger partial charge is 0.314 e. The van der Waals surface area contributed by atoms with Crippen molar-refractivity contribution in [1.82, 2.24) is 10.6 Å². The van der Waals surface area contributed by atoms with E-state index in [1.54, 1.807) is 6.07 Å². The molecule has 0 radical (unpaired) electrons. The standard InChI is InChI=1S/C11H14Cl2N2/c12-9-3-8(4-10(13)6-9)5-11-7-14-1-2-15-11/h3-4,6,11,14-15H,1-2,5,7H2/t11-/m0/s1. The lowest BCUT2D eigenvalue weighted by Crippen LogP contribution is -2.49. The molecular formula is C11H14Cl2N2. The van der Waals surface area contributed by atoms with E-state index in [4.69, 9.17) is 23.2 Å². The minimum Gasteiger partial charge on any atom is -0.314 e. The van der Waals surface area contributed by atoms with Crippen LogP contribution in [-0.2, 0) is 6.42 Å². The summed E-state index contributed by atoms with van der Waals surface area (Å²) in [6.07, 6.45) is 0.966. The second kappa shape index (κ2) is 5.17. The predicted octanol–water partition coefficient (Wildman–Crippen LogP) is 2.10. The molecule has 1 atom stereocenters. The molecule has 0 spiro atoms. The molecule has 2 N–H and O–H groups in total. The first-order valence-corrected chi connectivity index (χ1v) is 5.89. The fraction of sp³-hybridized carbons (Fsp3) is 0.455. The lowest BCUT2D eigenvalue weighted by Gasteiger charge is -2.24. The maximum absolute atomic E-state index is 5.95. The average Bonchev–Trinajstić information content (AvgIpc) is 2.17. The lowest BCUT2D eigenvalue weighted by atomic mass is 10.0.